The highest BCUT2D eigenvalue weighted by molar-refractivity contribution is 7.99. The minimum absolute atomic E-state index is 0.0553. The lowest BCUT2D eigenvalue weighted by molar-refractivity contribution is -0.130. The van der Waals surface area contributed by atoms with Crippen molar-refractivity contribution < 1.29 is 14.7 Å². The molecule has 108 valence electrons. The number of imide groups is 1. The summed E-state index contributed by atoms with van der Waals surface area (Å²) in [4.78, 5) is 25.6. The van der Waals surface area contributed by atoms with Crippen molar-refractivity contribution in [3.8, 4) is 0 Å². The van der Waals surface area contributed by atoms with Crippen LogP contribution in [0.1, 0.15) is 39.5 Å². The molecule has 5 nitrogen and oxygen atoms in total. The molecule has 0 aromatic carbocycles. The maximum Gasteiger partial charge on any atom is 0.325 e. The molecule has 1 saturated carbocycles. The third-order valence-corrected chi connectivity index (χ3v) is 5.42. The number of nitrogens with zero attached hydrogens (tertiary/aromatic N) is 1. The number of urea groups is 1. The molecule has 0 radical (unpaired) electrons. The molecule has 2 fully saturated rings. The van der Waals surface area contributed by atoms with E-state index in [2.05, 4.69) is 5.32 Å². The number of nitrogens with one attached hydrogen (secondary N) is 1. The summed E-state index contributed by atoms with van der Waals surface area (Å²) in [5.74, 6) is 0.613. The summed E-state index contributed by atoms with van der Waals surface area (Å²) in [5, 5.41) is 12.4. The molecular weight excluding hydrogens is 264 g/mol. The summed E-state index contributed by atoms with van der Waals surface area (Å²) in [5.41, 5.74) is -0.600. The summed E-state index contributed by atoms with van der Waals surface area (Å²) in [7, 11) is 0. The highest BCUT2D eigenvalue weighted by Gasteiger charge is 2.52. The second kappa shape index (κ2) is 5.71. The van der Waals surface area contributed by atoms with Gasteiger partial charge < -0.3 is 10.4 Å². The van der Waals surface area contributed by atoms with Crippen LogP contribution in [0.15, 0.2) is 0 Å². The van der Waals surface area contributed by atoms with Crippen molar-refractivity contribution in [3.05, 3.63) is 0 Å². The molecule has 2 atom stereocenters. The molecule has 1 aliphatic carbocycles. The third kappa shape index (κ3) is 2.89. The normalized spacial score (nSPS) is 24.9. The second-order valence-corrected chi connectivity index (χ2v) is 6.98. The van der Waals surface area contributed by atoms with Crippen LogP contribution in [0.2, 0.25) is 0 Å². The van der Waals surface area contributed by atoms with Gasteiger partial charge in [0.25, 0.3) is 5.91 Å². The molecule has 0 aromatic heterocycles. The van der Waals surface area contributed by atoms with E-state index in [1.165, 1.54) is 4.90 Å². The Kier molecular flexibility index (Phi) is 4.40. The number of rotatable bonds is 5. The molecule has 1 saturated heterocycles. The van der Waals surface area contributed by atoms with Crippen LogP contribution in [0.4, 0.5) is 4.79 Å². The maximum atomic E-state index is 12.3. The van der Waals surface area contributed by atoms with Gasteiger partial charge in [-0.25, -0.2) is 4.79 Å². The zero-order chi connectivity index (χ0) is 14.0. The first-order chi connectivity index (χ1) is 8.96. The lowest BCUT2D eigenvalue weighted by Gasteiger charge is -2.20. The van der Waals surface area contributed by atoms with E-state index in [0.717, 1.165) is 25.7 Å². The summed E-state index contributed by atoms with van der Waals surface area (Å²) < 4.78 is 0. The number of thioether (sulfide) groups is 1. The molecule has 2 N–H and O–H groups in total. The molecule has 2 aliphatic rings. The Morgan fingerprint density at radius 2 is 2.00 bits per heavy atom. The molecule has 0 unspecified atom stereocenters. The quantitative estimate of drug-likeness (QED) is 0.749. The van der Waals surface area contributed by atoms with Crippen molar-refractivity contribution in [3.63, 3.8) is 0 Å². The molecular formula is C13H22N2O3S. The lowest BCUT2D eigenvalue weighted by atomic mass is 9.98. The standard InChI is InChI=1S/C13H22N2O3S/c1-9(16)10(2)19-8-7-15-11(17)13(14-12(15)18)5-3-4-6-13/h9-10,16H,3-8H2,1-2H3,(H,14,18)/t9-,10+/m1/s1. The van der Waals surface area contributed by atoms with Gasteiger partial charge in [0.05, 0.1) is 6.10 Å². The Labute approximate surface area is 118 Å². The first-order valence-corrected chi connectivity index (χ1v) is 7.95. The van der Waals surface area contributed by atoms with E-state index in [-0.39, 0.29) is 23.3 Å². The Bertz CT molecular complexity index is 367. The van der Waals surface area contributed by atoms with E-state index >= 15 is 0 Å². The van der Waals surface area contributed by atoms with Gasteiger partial charge in [-0.15, -0.1) is 0 Å². The zero-order valence-electron chi connectivity index (χ0n) is 11.5. The number of aliphatic hydroxyl groups is 1. The molecule has 6 heteroatoms. The molecule has 0 aromatic rings. The first-order valence-electron chi connectivity index (χ1n) is 6.90. The molecule has 0 bridgehead atoms. The van der Waals surface area contributed by atoms with Gasteiger partial charge in [0.15, 0.2) is 0 Å². The lowest BCUT2D eigenvalue weighted by Crippen LogP contribution is -2.44. The Balaban J connectivity index is 1.87. The number of hydrogen-bond acceptors (Lipinski definition) is 4. The summed E-state index contributed by atoms with van der Waals surface area (Å²) in [6, 6.07) is -0.253. The van der Waals surface area contributed by atoms with Crippen molar-refractivity contribution in [1.82, 2.24) is 10.2 Å². The predicted molar refractivity (Wildman–Crippen MR) is 75.0 cm³/mol. The van der Waals surface area contributed by atoms with Crippen LogP contribution in [0, 0.1) is 0 Å². The number of amides is 3. The van der Waals surface area contributed by atoms with E-state index in [4.69, 9.17) is 0 Å². The average molecular weight is 286 g/mol. The molecule has 1 aliphatic heterocycles. The van der Waals surface area contributed by atoms with Gasteiger partial charge in [0.2, 0.25) is 0 Å². The minimum atomic E-state index is -0.600. The predicted octanol–water partition coefficient (Wildman–Crippen LogP) is 1.35. The van der Waals surface area contributed by atoms with E-state index in [0.29, 0.717) is 12.3 Å². The fourth-order valence-corrected chi connectivity index (χ4v) is 3.60. The Morgan fingerprint density at radius 3 is 2.58 bits per heavy atom. The molecule has 19 heavy (non-hydrogen) atoms. The van der Waals surface area contributed by atoms with Crippen LogP contribution in [-0.4, -0.2) is 51.1 Å². The largest absolute Gasteiger partial charge is 0.392 e. The monoisotopic (exact) mass is 286 g/mol. The summed E-state index contributed by atoms with van der Waals surface area (Å²) in [6.45, 7) is 4.12. The van der Waals surface area contributed by atoms with E-state index in [9.17, 15) is 14.7 Å². The molecule has 3 amide bonds. The highest BCUT2D eigenvalue weighted by atomic mass is 32.2. The smallest absolute Gasteiger partial charge is 0.325 e. The molecule has 2 rings (SSSR count). The zero-order valence-corrected chi connectivity index (χ0v) is 12.3. The molecule has 1 spiro atoms. The fraction of sp³-hybridized carbons (Fsp3) is 0.846. The number of hydrogen-bond donors (Lipinski definition) is 2. The van der Waals surface area contributed by atoms with Crippen LogP contribution in [0.25, 0.3) is 0 Å². The van der Waals surface area contributed by atoms with Crippen LogP contribution in [-0.2, 0) is 4.79 Å². The van der Waals surface area contributed by atoms with Crippen LogP contribution < -0.4 is 5.32 Å². The minimum Gasteiger partial charge on any atom is -0.392 e. The molecule has 1 heterocycles. The number of carbonyl (C=O) groups excluding carboxylic acids is 2. The van der Waals surface area contributed by atoms with Gasteiger partial charge in [0, 0.05) is 17.5 Å². The van der Waals surface area contributed by atoms with Crippen molar-refractivity contribution in [2.75, 3.05) is 12.3 Å². The van der Waals surface area contributed by atoms with Gasteiger partial charge in [-0.05, 0) is 19.8 Å². The topological polar surface area (TPSA) is 69.6 Å². The summed E-state index contributed by atoms with van der Waals surface area (Å²) in [6.07, 6.45) is 3.17. The van der Waals surface area contributed by atoms with Crippen molar-refractivity contribution >= 4 is 23.7 Å². The van der Waals surface area contributed by atoms with Crippen molar-refractivity contribution in [2.24, 2.45) is 0 Å². The van der Waals surface area contributed by atoms with Crippen molar-refractivity contribution in [2.45, 2.75) is 56.4 Å². The Morgan fingerprint density at radius 1 is 1.37 bits per heavy atom. The Hall–Kier alpha value is -0.750. The van der Waals surface area contributed by atoms with Crippen LogP contribution in [0.5, 0.6) is 0 Å². The first kappa shape index (κ1) is 14.7. The van der Waals surface area contributed by atoms with Crippen LogP contribution in [0.3, 0.4) is 0 Å². The van der Waals surface area contributed by atoms with E-state index in [1.54, 1.807) is 18.7 Å². The highest BCUT2D eigenvalue weighted by Crippen LogP contribution is 2.35. The van der Waals surface area contributed by atoms with Gasteiger partial charge >= 0.3 is 6.03 Å². The van der Waals surface area contributed by atoms with Crippen molar-refractivity contribution in [1.29, 1.82) is 0 Å². The second-order valence-electron chi connectivity index (χ2n) is 5.49. The SMILES string of the molecule is C[C@H](SCCN1C(=O)NC2(CCCC2)C1=O)[C@@H](C)O. The third-order valence-electron chi connectivity index (χ3n) is 4.08. The van der Waals surface area contributed by atoms with Crippen LogP contribution >= 0.6 is 11.8 Å². The van der Waals surface area contributed by atoms with E-state index < -0.39 is 5.54 Å². The van der Waals surface area contributed by atoms with Gasteiger partial charge in [0.1, 0.15) is 5.54 Å². The summed E-state index contributed by atoms with van der Waals surface area (Å²) >= 11 is 1.58. The van der Waals surface area contributed by atoms with Gasteiger partial charge in [-0.1, -0.05) is 19.8 Å². The van der Waals surface area contributed by atoms with Gasteiger partial charge in [-0.2, -0.15) is 11.8 Å². The number of aliphatic hydroxyl groups excluding tert-OH is 1. The fourth-order valence-electron chi connectivity index (χ4n) is 2.67. The average Bonchev–Trinajstić information content (AvgIpc) is 2.90. The number of carbonyl (C=O) groups is 2. The van der Waals surface area contributed by atoms with E-state index in [1.807, 2.05) is 6.92 Å². The maximum absolute atomic E-state index is 12.3. The van der Waals surface area contributed by atoms with Gasteiger partial charge in [-0.3, -0.25) is 9.69 Å².